The first-order valence-corrected chi connectivity index (χ1v) is 5.99. The molecule has 0 radical (unpaired) electrons. The molecule has 3 aromatic rings. The van der Waals surface area contributed by atoms with Crippen LogP contribution in [0.3, 0.4) is 0 Å². The van der Waals surface area contributed by atoms with E-state index in [1.807, 2.05) is 6.07 Å². The van der Waals surface area contributed by atoms with Crippen LogP contribution in [0.1, 0.15) is 5.56 Å². The van der Waals surface area contributed by atoms with Crippen LogP contribution in [-0.2, 0) is 0 Å². The van der Waals surface area contributed by atoms with Gasteiger partial charge in [0.05, 0.1) is 24.4 Å². The number of benzene rings is 2. The Kier molecular flexibility index (Phi) is 3.04. The summed E-state index contributed by atoms with van der Waals surface area (Å²) < 4.78 is 15.7. The predicted molar refractivity (Wildman–Crippen MR) is 74.0 cm³/mol. The number of methoxy groups -OCH3 is 1. The number of fused-ring (bicyclic) bond motifs is 1. The molecule has 21 heavy (non-hydrogen) atoms. The summed E-state index contributed by atoms with van der Waals surface area (Å²) in [5.41, 5.74) is 7.55. The fraction of sp³-hybridized carbons (Fsp3) is 0.0714. The van der Waals surface area contributed by atoms with Crippen molar-refractivity contribution >= 4 is 16.7 Å². The fourth-order valence-electron chi connectivity index (χ4n) is 1.89. The number of aromatic nitrogens is 2. The number of ether oxygens (including phenoxy) is 2. The first-order chi connectivity index (χ1) is 10.2. The van der Waals surface area contributed by atoms with Gasteiger partial charge in [0, 0.05) is 6.07 Å². The van der Waals surface area contributed by atoms with Crippen molar-refractivity contribution in [2.45, 2.75) is 0 Å². The van der Waals surface area contributed by atoms with Gasteiger partial charge in [0.1, 0.15) is 0 Å². The smallest absolute Gasteiger partial charge is 0.179 e. The Morgan fingerprint density at radius 3 is 2.62 bits per heavy atom. The van der Waals surface area contributed by atoms with Gasteiger partial charge in [-0.2, -0.15) is 5.26 Å². The first kappa shape index (κ1) is 12.7. The van der Waals surface area contributed by atoms with Crippen molar-refractivity contribution in [2.75, 3.05) is 12.8 Å². The van der Waals surface area contributed by atoms with E-state index in [-0.39, 0.29) is 0 Å². The Hall–Kier alpha value is -3.27. The van der Waals surface area contributed by atoms with E-state index in [0.29, 0.717) is 39.5 Å². The molecule has 0 unspecified atom stereocenters. The van der Waals surface area contributed by atoms with Gasteiger partial charge in [-0.3, -0.25) is 0 Å². The molecule has 2 aromatic carbocycles. The highest BCUT2D eigenvalue weighted by atomic mass is 16.6. The van der Waals surface area contributed by atoms with Crippen molar-refractivity contribution in [3.05, 3.63) is 35.9 Å². The number of nitriles is 1. The third-order valence-corrected chi connectivity index (χ3v) is 2.92. The molecule has 0 saturated carbocycles. The van der Waals surface area contributed by atoms with Crippen LogP contribution in [0.25, 0.3) is 11.0 Å². The number of nitrogens with two attached hydrogens (primary N) is 1. The fourth-order valence-corrected chi connectivity index (χ4v) is 1.89. The molecule has 3 rings (SSSR count). The van der Waals surface area contributed by atoms with E-state index in [4.69, 9.17) is 20.5 Å². The van der Waals surface area contributed by atoms with Crippen LogP contribution in [0.5, 0.6) is 17.2 Å². The van der Waals surface area contributed by atoms with E-state index in [2.05, 4.69) is 14.9 Å². The van der Waals surface area contributed by atoms with E-state index in [0.717, 1.165) is 0 Å². The van der Waals surface area contributed by atoms with Gasteiger partial charge in [-0.05, 0) is 34.6 Å². The zero-order valence-corrected chi connectivity index (χ0v) is 11.0. The molecule has 0 atom stereocenters. The second kappa shape index (κ2) is 5.02. The van der Waals surface area contributed by atoms with Crippen molar-refractivity contribution in [2.24, 2.45) is 0 Å². The summed E-state index contributed by atoms with van der Waals surface area (Å²) in [5, 5.41) is 16.4. The largest absolute Gasteiger partial charge is 0.493 e. The molecule has 0 bridgehead atoms. The number of rotatable bonds is 3. The maximum atomic E-state index is 8.89. The van der Waals surface area contributed by atoms with Crippen LogP contribution in [0.4, 0.5) is 5.69 Å². The summed E-state index contributed by atoms with van der Waals surface area (Å²) in [7, 11) is 1.50. The highest BCUT2D eigenvalue weighted by molar-refractivity contribution is 5.90. The zero-order valence-electron chi connectivity index (χ0n) is 11.0. The molecule has 0 amide bonds. The van der Waals surface area contributed by atoms with Crippen LogP contribution in [0.2, 0.25) is 0 Å². The van der Waals surface area contributed by atoms with Gasteiger partial charge in [-0.15, -0.1) is 0 Å². The molecule has 0 spiro atoms. The van der Waals surface area contributed by atoms with E-state index in [1.54, 1.807) is 30.3 Å². The quantitative estimate of drug-likeness (QED) is 0.735. The second-order valence-corrected chi connectivity index (χ2v) is 4.19. The number of nitrogen functional groups attached to an aromatic ring is 1. The lowest BCUT2D eigenvalue weighted by molar-refractivity contribution is 0.314. The highest BCUT2D eigenvalue weighted by Gasteiger charge is 2.14. The standard InChI is InChI=1S/C14H10N4O3/c1-19-12-6-8(7-15)2-4-10(12)20-11-5-3-9(16)13-14(11)18-21-17-13/h2-6H,16H2,1H3. The summed E-state index contributed by atoms with van der Waals surface area (Å²) in [5.74, 6) is 1.32. The topological polar surface area (TPSA) is 107 Å². The molecular formula is C14H10N4O3. The van der Waals surface area contributed by atoms with E-state index >= 15 is 0 Å². The molecule has 1 aromatic heterocycles. The minimum Gasteiger partial charge on any atom is -0.493 e. The molecule has 0 aliphatic heterocycles. The first-order valence-electron chi connectivity index (χ1n) is 5.99. The van der Waals surface area contributed by atoms with Crippen LogP contribution in [-0.4, -0.2) is 17.4 Å². The lowest BCUT2D eigenvalue weighted by Gasteiger charge is -2.10. The van der Waals surface area contributed by atoms with Gasteiger partial charge in [0.25, 0.3) is 0 Å². The predicted octanol–water partition coefficient (Wildman–Crippen LogP) is 2.48. The van der Waals surface area contributed by atoms with E-state index in [9.17, 15) is 0 Å². The van der Waals surface area contributed by atoms with Gasteiger partial charge < -0.3 is 15.2 Å². The number of nitrogens with zero attached hydrogens (tertiary/aromatic N) is 3. The van der Waals surface area contributed by atoms with E-state index < -0.39 is 0 Å². The Morgan fingerprint density at radius 1 is 1.10 bits per heavy atom. The Labute approximate surface area is 119 Å². The van der Waals surface area contributed by atoms with Crippen LogP contribution in [0, 0.1) is 11.3 Å². The molecule has 7 heteroatoms. The molecular weight excluding hydrogens is 272 g/mol. The van der Waals surface area contributed by atoms with Crippen LogP contribution < -0.4 is 15.2 Å². The second-order valence-electron chi connectivity index (χ2n) is 4.19. The Balaban J connectivity index is 2.05. The van der Waals surface area contributed by atoms with Crippen molar-refractivity contribution in [1.29, 1.82) is 5.26 Å². The molecule has 104 valence electrons. The van der Waals surface area contributed by atoms with Gasteiger partial charge in [0.2, 0.25) is 0 Å². The van der Waals surface area contributed by atoms with Crippen LogP contribution >= 0.6 is 0 Å². The Morgan fingerprint density at radius 2 is 1.86 bits per heavy atom. The number of anilines is 1. The molecule has 0 fully saturated rings. The average Bonchev–Trinajstić information content (AvgIpc) is 3.01. The summed E-state index contributed by atoms with van der Waals surface area (Å²) in [6.45, 7) is 0. The molecule has 0 aliphatic rings. The average molecular weight is 282 g/mol. The lowest BCUT2D eigenvalue weighted by atomic mass is 10.2. The molecule has 2 N–H and O–H groups in total. The SMILES string of the molecule is COc1cc(C#N)ccc1Oc1ccc(N)c2nonc12. The van der Waals surface area contributed by atoms with Gasteiger partial charge in [-0.1, -0.05) is 0 Å². The summed E-state index contributed by atoms with van der Waals surface area (Å²) in [4.78, 5) is 0. The monoisotopic (exact) mass is 282 g/mol. The molecule has 0 saturated heterocycles. The zero-order chi connectivity index (χ0) is 14.8. The van der Waals surface area contributed by atoms with Crippen molar-refractivity contribution in [3.8, 4) is 23.3 Å². The minimum absolute atomic E-state index is 0.418. The van der Waals surface area contributed by atoms with Crippen molar-refractivity contribution in [1.82, 2.24) is 10.3 Å². The highest BCUT2D eigenvalue weighted by Crippen LogP contribution is 2.36. The summed E-state index contributed by atoms with van der Waals surface area (Å²) in [6.07, 6.45) is 0. The van der Waals surface area contributed by atoms with Gasteiger partial charge in [-0.25, -0.2) is 4.63 Å². The van der Waals surface area contributed by atoms with Gasteiger partial charge >= 0.3 is 0 Å². The van der Waals surface area contributed by atoms with E-state index in [1.165, 1.54) is 7.11 Å². The van der Waals surface area contributed by atoms with Crippen molar-refractivity contribution in [3.63, 3.8) is 0 Å². The third-order valence-electron chi connectivity index (χ3n) is 2.92. The van der Waals surface area contributed by atoms with Gasteiger partial charge in [0.15, 0.2) is 28.3 Å². The summed E-state index contributed by atoms with van der Waals surface area (Å²) >= 11 is 0. The molecule has 7 nitrogen and oxygen atoms in total. The molecule has 0 aliphatic carbocycles. The number of hydrogen-bond acceptors (Lipinski definition) is 7. The third kappa shape index (κ3) is 2.19. The maximum absolute atomic E-state index is 8.89. The normalized spacial score (nSPS) is 10.3. The van der Waals surface area contributed by atoms with Crippen molar-refractivity contribution < 1.29 is 14.1 Å². The number of hydrogen-bond donors (Lipinski definition) is 1. The van der Waals surface area contributed by atoms with Crippen LogP contribution in [0.15, 0.2) is 35.0 Å². The molecule has 1 heterocycles. The maximum Gasteiger partial charge on any atom is 0.179 e. The minimum atomic E-state index is 0.418. The summed E-state index contributed by atoms with van der Waals surface area (Å²) in [6, 6.07) is 10.2. The lowest BCUT2D eigenvalue weighted by Crippen LogP contribution is -1.93. The Bertz CT molecular complexity index is 851.